The van der Waals surface area contributed by atoms with Gasteiger partial charge >= 0.3 is 0 Å². The molecule has 1 amide bonds. The summed E-state index contributed by atoms with van der Waals surface area (Å²) in [6, 6.07) is 5.68. The van der Waals surface area contributed by atoms with E-state index < -0.39 is 15.8 Å². The SMILES string of the molecule is CN(C)C(=O)C1CN(S(=O)(=O)Cc2cccc(F)c2)CC12CCCC2. The van der Waals surface area contributed by atoms with E-state index in [4.69, 9.17) is 0 Å². The molecule has 3 rings (SSSR count). The highest BCUT2D eigenvalue weighted by molar-refractivity contribution is 7.88. The molecule has 5 nitrogen and oxygen atoms in total. The predicted octanol–water partition coefficient (Wildman–Crippen LogP) is 2.24. The van der Waals surface area contributed by atoms with E-state index in [-0.39, 0.29) is 29.5 Å². The second kappa shape index (κ2) is 6.68. The number of carbonyl (C=O) groups excluding carboxylic acids is 1. The van der Waals surface area contributed by atoms with Gasteiger partial charge in [0.25, 0.3) is 0 Å². The zero-order valence-corrected chi connectivity index (χ0v) is 15.6. The van der Waals surface area contributed by atoms with Crippen molar-refractivity contribution in [3.63, 3.8) is 0 Å². The van der Waals surface area contributed by atoms with E-state index in [0.29, 0.717) is 12.1 Å². The quantitative estimate of drug-likeness (QED) is 0.819. The molecular weight excluding hydrogens is 343 g/mol. The Morgan fingerprint density at radius 1 is 1.32 bits per heavy atom. The molecule has 138 valence electrons. The smallest absolute Gasteiger partial charge is 0.227 e. The third kappa shape index (κ3) is 3.58. The Hall–Kier alpha value is -1.47. The van der Waals surface area contributed by atoms with Gasteiger partial charge in [0, 0.05) is 27.2 Å². The lowest BCUT2D eigenvalue weighted by Crippen LogP contribution is -2.39. The largest absolute Gasteiger partial charge is 0.349 e. The van der Waals surface area contributed by atoms with Crippen LogP contribution in [0.15, 0.2) is 24.3 Å². The fourth-order valence-corrected chi connectivity index (χ4v) is 5.91. The van der Waals surface area contributed by atoms with Crippen LogP contribution in [-0.2, 0) is 20.6 Å². The molecule has 1 spiro atoms. The second-order valence-electron chi connectivity index (χ2n) is 7.53. The van der Waals surface area contributed by atoms with Gasteiger partial charge in [-0.25, -0.2) is 17.1 Å². The molecule has 2 fully saturated rings. The number of hydrogen-bond donors (Lipinski definition) is 0. The molecule has 1 saturated carbocycles. The molecule has 1 aromatic carbocycles. The molecule has 0 N–H and O–H groups in total. The van der Waals surface area contributed by atoms with Gasteiger partial charge in [0.2, 0.25) is 15.9 Å². The van der Waals surface area contributed by atoms with Crippen molar-refractivity contribution < 1.29 is 17.6 Å². The molecule has 1 aromatic rings. The summed E-state index contributed by atoms with van der Waals surface area (Å²) in [5.41, 5.74) is 0.193. The summed E-state index contributed by atoms with van der Waals surface area (Å²) in [5.74, 6) is -0.955. The van der Waals surface area contributed by atoms with E-state index in [1.165, 1.54) is 22.5 Å². The molecule has 2 aliphatic rings. The highest BCUT2D eigenvalue weighted by Crippen LogP contribution is 2.50. The van der Waals surface area contributed by atoms with Crippen molar-refractivity contribution in [3.8, 4) is 0 Å². The topological polar surface area (TPSA) is 57.7 Å². The number of hydrogen-bond acceptors (Lipinski definition) is 3. The Bertz CT molecular complexity index is 757. The molecule has 1 atom stereocenters. The summed E-state index contributed by atoms with van der Waals surface area (Å²) < 4.78 is 40.6. The summed E-state index contributed by atoms with van der Waals surface area (Å²) in [5, 5.41) is 0. The lowest BCUT2D eigenvalue weighted by Gasteiger charge is -2.30. The number of benzene rings is 1. The molecule has 0 radical (unpaired) electrons. The molecule has 1 aliphatic heterocycles. The van der Waals surface area contributed by atoms with Gasteiger partial charge in [-0.1, -0.05) is 25.0 Å². The monoisotopic (exact) mass is 368 g/mol. The summed E-state index contributed by atoms with van der Waals surface area (Å²) in [7, 11) is -0.155. The molecule has 1 unspecified atom stereocenters. The van der Waals surface area contributed by atoms with Crippen molar-refractivity contribution in [2.45, 2.75) is 31.4 Å². The fourth-order valence-electron chi connectivity index (χ4n) is 4.30. The molecule has 1 aliphatic carbocycles. The lowest BCUT2D eigenvalue weighted by atomic mass is 9.76. The molecule has 0 aromatic heterocycles. The highest BCUT2D eigenvalue weighted by Gasteiger charge is 2.54. The van der Waals surface area contributed by atoms with Gasteiger partial charge < -0.3 is 4.90 Å². The molecule has 0 bridgehead atoms. The summed E-state index contributed by atoms with van der Waals surface area (Å²) in [6.45, 7) is 0.629. The van der Waals surface area contributed by atoms with Gasteiger partial charge in [-0.3, -0.25) is 4.79 Å². The molecule has 1 saturated heterocycles. The van der Waals surface area contributed by atoms with Crippen molar-refractivity contribution in [2.24, 2.45) is 11.3 Å². The van der Waals surface area contributed by atoms with Gasteiger partial charge in [-0.05, 0) is 36.0 Å². The highest BCUT2D eigenvalue weighted by atomic mass is 32.2. The Balaban J connectivity index is 1.84. The Labute approximate surface area is 148 Å². The Morgan fingerprint density at radius 3 is 2.60 bits per heavy atom. The number of rotatable bonds is 4. The minimum absolute atomic E-state index is 0.00496. The van der Waals surface area contributed by atoms with Crippen LogP contribution in [0.5, 0.6) is 0 Å². The third-order valence-corrected chi connectivity index (χ3v) is 7.35. The van der Waals surface area contributed by atoms with E-state index in [1.807, 2.05) is 0 Å². The van der Waals surface area contributed by atoms with E-state index in [9.17, 15) is 17.6 Å². The normalized spacial score (nSPS) is 23.2. The number of carbonyl (C=O) groups is 1. The van der Waals surface area contributed by atoms with Crippen LogP contribution in [0.3, 0.4) is 0 Å². The fraction of sp³-hybridized carbons (Fsp3) is 0.611. The van der Waals surface area contributed by atoms with E-state index in [0.717, 1.165) is 25.7 Å². The van der Waals surface area contributed by atoms with Crippen LogP contribution in [0.2, 0.25) is 0 Å². The average molecular weight is 368 g/mol. The lowest BCUT2D eigenvalue weighted by molar-refractivity contribution is -0.135. The first-order chi connectivity index (χ1) is 11.7. The van der Waals surface area contributed by atoms with Crippen molar-refractivity contribution in [1.82, 2.24) is 9.21 Å². The number of nitrogens with zero attached hydrogens (tertiary/aromatic N) is 2. The second-order valence-corrected chi connectivity index (χ2v) is 9.50. The van der Waals surface area contributed by atoms with Crippen LogP contribution in [0.25, 0.3) is 0 Å². The molecule has 7 heteroatoms. The number of halogens is 1. The van der Waals surface area contributed by atoms with Crippen LogP contribution < -0.4 is 0 Å². The van der Waals surface area contributed by atoms with E-state index in [2.05, 4.69) is 0 Å². The predicted molar refractivity (Wildman–Crippen MR) is 93.7 cm³/mol. The third-order valence-electron chi connectivity index (χ3n) is 5.59. The van der Waals surface area contributed by atoms with Crippen LogP contribution in [0.1, 0.15) is 31.2 Å². The van der Waals surface area contributed by atoms with Gasteiger partial charge in [-0.2, -0.15) is 0 Å². The Morgan fingerprint density at radius 2 is 2.00 bits per heavy atom. The number of amides is 1. The van der Waals surface area contributed by atoms with Gasteiger partial charge in [0.05, 0.1) is 11.7 Å². The van der Waals surface area contributed by atoms with Crippen molar-refractivity contribution in [1.29, 1.82) is 0 Å². The average Bonchev–Trinajstić information content (AvgIpc) is 3.14. The van der Waals surface area contributed by atoms with E-state index >= 15 is 0 Å². The Kier molecular flexibility index (Phi) is 4.90. The first-order valence-corrected chi connectivity index (χ1v) is 10.3. The standard InChI is InChI=1S/C18H25FN2O3S/c1-20(2)17(22)16-11-21(13-18(16)8-3-4-9-18)25(23,24)12-14-6-5-7-15(19)10-14/h5-7,10,16H,3-4,8-9,11-13H2,1-2H3. The maximum absolute atomic E-state index is 13.4. The summed E-state index contributed by atoms with van der Waals surface area (Å²) >= 11 is 0. The van der Waals surface area contributed by atoms with Gasteiger partial charge in [0.15, 0.2) is 0 Å². The molecular formula is C18H25FN2O3S. The van der Waals surface area contributed by atoms with Crippen molar-refractivity contribution in [3.05, 3.63) is 35.6 Å². The minimum atomic E-state index is -3.59. The first kappa shape index (κ1) is 18.3. The van der Waals surface area contributed by atoms with Crippen LogP contribution >= 0.6 is 0 Å². The maximum atomic E-state index is 13.4. The maximum Gasteiger partial charge on any atom is 0.227 e. The zero-order chi connectivity index (χ0) is 18.2. The number of sulfonamides is 1. The summed E-state index contributed by atoms with van der Waals surface area (Å²) in [4.78, 5) is 14.2. The summed E-state index contributed by atoms with van der Waals surface area (Å²) in [6.07, 6.45) is 3.86. The zero-order valence-electron chi connectivity index (χ0n) is 14.7. The molecule has 25 heavy (non-hydrogen) atoms. The van der Waals surface area contributed by atoms with Crippen molar-refractivity contribution >= 4 is 15.9 Å². The minimum Gasteiger partial charge on any atom is -0.349 e. The first-order valence-electron chi connectivity index (χ1n) is 8.67. The van der Waals surface area contributed by atoms with Crippen LogP contribution in [-0.4, -0.2) is 50.7 Å². The van der Waals surface area contributed by atoms with Gasteiger partial charge in [0.1, 0.15) is 5.82 Å². The van der Waals surface area contributed by atoms with Crippen LogP contribution in [0.4, 0.5) is 4.39 Å². The van der Waals surface area contributed by atoms with Crippen molar-refractivity contribution in [2.75, 3.05) is 27.2 Å². The van der Waals surface area contributed by atoms with Crippen LogP contribution in [0, 0.1) is 17.2 Å². The van der Waals surface area contributed by atoms with E-state index in [1.54, 1.807) is 25.1 Å². The molecule has 1 heterocycles. The van der Waals surface area contributed by atoms with Gasteiger partial charge in [-0.15, -0.1) is 0 Å².